The van der Waals surface area contributed by atoms with Crippen LogP contribution in [0.25, 0.3) is 6.08 Å². The standard InChI is InChI=1S/C19H15BrN2O5/c1-26-17-9-12(2-7-16(17)27-11-18(23)24)8-13(10-21)19(25)22-15-5-3-14(20)4-6-15/h2-9H,11H2,1H3,(H,22,25)(H,23,24)/b13-8-. The smallest absolute Gasteiger partial charge is 0.341 e. The predicted molar refractivity (Wildman–Crippen MR) is 102 cm³/mol. The van der Waals surface area contributed by atoms with Crippen LogP contribution in [0.15, 0.2) is 52.5 Å². The van der Waals surface area contributed by atoms with E-state index in [0.717, 1.165) is 4.47 Å². The Morgan fingerprint density at radius 1 is 1.22 bits per heavy atom. The van der Waals surface area contributed by atoms with Crippen molar-refractivity contribution in [1.82, 2.24) is 0 Å². The second-order valence-electron chi connectivity index (χ2n) is 5.22. The van der Waals surface area contributed by atoms with Crippen molar-refractivity contribution in [2.45, 2.75) is 0 Å². The van der Waals surface area contributed by atoms with Crippen molar-refractivity contribution in [2.24, 2.45) is 0 Å². The van der Waals surface area contributed by atoms with Crippen LogP contribution in [0.1, 0.15) is 5.56 Å². The lowest BCUT2D eigenvalue weighted by Gasteiger charge is -2.10. The molecule has 2 rings (SSSR count). The quantitative estimate of drug-likeness (QED) is 0.514. The lowest BCUT2D eigenvalue weighted by molar-refractivity contribution is -0.139. The lowest BCUT2D eigenvalue weighted by Crippen LogP contribution is -2.13. The van der Waals surface area contributed by atoms with Gasteiger partial charge in [0.15, 0.2) is 18.1 Å². The van der Waals surface area contributed by atoms with E-state index in [-0.39, 0.29) is 17.1 Å². The van der Waals surface area contributed by atoms with Crippen LogP contribution in [0.4, 0.5) is 5.69 Å². The number of ether oxygens (including phenoxy) is 2. The molecular weight excluding hydrogens is 416 g/mol. The lowest BCUT2D eigenvalue weighted by atomic mass is 10.1. The normalized spacial score (nSPS) is 10.6. The van der Waals surface area contributed by atoms with Gasteiger partial charge < -0.3 is 19.9 Å². The molecule has 0 atom stereocenters. The maximum atomic E-state index is 12.3. The van der Waals surface area contributed by atoms with E-state index in [2.05, 4.69) is 21.2 Å². The molecule has 2 aromatic rings. The number of carboxylic acid groups (broad SMARTS) is 1. The Morgan fingerprint density at radius 3 is 2.52 bits per heavy atom. The van der Waals surface area contributed by atoms with E-state index in [9.17, 15) is 14.9 Å². The molecule has 138 valence electrons. The third-order valence-electron chi connectivity index (χ3n) is 3.32. The summed E-state index contributed by atoms with van der Waals surface area (Å²) in [6, 6.07) is 13.4. The van der Waals surface area contributed by atoms with E-state index in [1.165, 1.54) is 19.3 Å². The van der Waals surface area contributed by atoms with Crippen LogP contribution < -0.4 is 14.8 Å². The molecule has 0 aliphatic rings. The van der Waals surface area contributed by atoms with Gasteiger partial charge in [0.2, 0.25) is 0 Å². The molecule has 7 nitrogen and oxygen atoms in total. The number of methoxy groups -OCH3 is 1. The second-order valence-corrected chi connectivity index (χ2v) is 6.14. The summed E-state index contributed by atoms with van der Waals surface area (Å²) in [6.07, 6.45) is 1.40. The van der Waals surface area contributed by atoms with E-state index >= 15 is 0 Å². The highest BCUT2D eigenvalue weighted by Gasteiger charge is 2.12. The van der Waals surface area contributed by atoms with E-state index in [0.29, 0.717) is 11.3 Å². The van der Waals surface area contributed by atoms with Crippen LogP contribution in [-0.4, -0.2) is 30.7 Å². The van der Waals surface area contributed by atoms with Gasteiger partial charge in [0.05, 0.1) is 7.11 Å². The number of hydrogen-bond acceptors (Lipinski definition) is 5. The highest BCUT2D eigenvalue weighted by molar-refractivity contribution is 9.10. The summed E-state index contributed by atoms with van der Waals surface area (Å²) in [6.45, 7) is -0.509. The van der Waals surface area contributed by atoms with Gasteiger partial charge in [-0.15, -0.1) is 0 Å². The number of amides is 1. The van der Waals surface area contributed by atoms with Gasteiger partial charge in [-0.2, -0.15) is 5.26 Å². The van der Waals surface area contributed by atoms with E-state index in [1.54, 1.807) is 36.4 Å². The monoisotopic (exact) mass is 430 g/mol. The molecule has 0 radical (unpaired) electrons. The van der Waals surface area contributed by atoms with E-state index in [1.807, 2.05) is 6.07 Å². The van der Waals surface area contributed by atoms with Crippen molar-refractivity contribution in [3.63, 3.8) is 0 Å². The molecule has 0 heterocycles. The first kappa shape index (κ1) is 20.0. The highest BCUT2D eigenvalue weighted by Crippen LogP contribution is 2.29. The Balaban J connectivity index is 2.20. The Bertz CT molecular complexity index is 917. The highest BCUT2D eigenvalue weighted by atomic mass is 79.9. The number of nitrogens with one attached hydrogen (secondary N) is 1. The van der Waals surface area contributed by atoms with Crippen LogP contribution in [0.5, 0.6) is 11.5 Å². The molecule has 27 heavy (non-hydrogen) atoms. The topological polar surface area (TPSA) is 109 Å². The van der Waals surface area contributed by atoms with Gasteiger partial charge >= 0.3 is 5.97 Å². The zero-order chi connectivity index (χ0) is 19.8. The van der Waals surface area contributed by atoms with Gasteiger partial charge in [0.25, 0.3) is 5.91 Å². The van der Waals surface area contributed by atoms with Crippen molar-refractivity contribution < 1.29 is 24.2 Å². The molecule has 0 unspecified atom stereocenters. The number of aliphatic carboxylic acids is 1. The maximum Gasteiger partial charge on any atom is 0.341 e. The number of halogens is 1. The summed E-state index contributed by atoms with van der Waals surface area (Å²) in [7, 11) is 1.40. The van der Waals surface area contributed by atoms with Gasteiger partial charge in [0.1, 0.15) is 11.6 Å². The van der Waals surface area contributed by atoms with Gasteiger partial charge in [-0.25, -0.2) is 4.79 Å². The zero-order valence-electron chi connectivity index (χ0n) is 14.2. The molecule has 0 aliphatic carbocycles. The molecule has 2 aromatic carbocycles. The minimum Gasteiger partial charge on any atom is -0.493 e. The molecule has 2 N–H and O–H groups in total. The first-order valence-corrected chi connectivity index (χ1v) is 8.43. The summed E-state index contributed by atoms with van der Waals surface area (Å²) in [5, 5.41) is 20.6. The number of anilines is 1. The SMILES string of the molecule is COc1cc(/C=C(/C#N)C(=O)Nc2ccc(Br)cc2)ccc1OCC(=O)O. The average molecular weight is 431 g/mol. The molecule has 0 spiro atoms. The molecule has 0 saturated heterocycles. The largest absolute Gasteiger partial charge is 0.493 e. The summed E-state index contributed by atoms with van der Waals surface area (Å²) < 4.78 is 11.2. The summed E-state index contributed by atoms with van der Waals surface area (Å²) >= 11 is 3.31. The van der Waals surface area contributed by atoms with Crippen molar-refractivity contribution in [3.8, 4) is 17.6 Å². The molecule has 0 aliphatic heterocycles. The van der Waals surface area contributed by atoms with Crippen molar-refractivity contribution in [3.05, 3.63) is 58.1 Å². The number of carbonyl (C=O) groups excluding carboxylic acids is 1. The van der Waals surface area contributed by atoms with Gasteiger partial charge in [-0.05, 0) is 48.0 Å². The molecule has 0 saturated carbocycles. The first-order chi connectivity index (χ1) is 12.9. The number of nitriles is 1. The van der Waals surface area contributed by atoms with E-state index < -0.39 is 18.5 Å². The number of rotatable bonds is 7. The number of carbonyl (C=O) groups is 2. The average Bonchev–Trinajstić information content (AvgIpc) is 2.66. The molecule has 8 heteroatoms. The van der Waals surface area contributed by atoms with Crippen LogP contribution >= 0.6 is 15.9 Å². The Kier molecular flexibility index (Phi) is 6.97. The third-order valence-corrected chi connectivity index (χ3v) is 3.85. The molecule has 0 fully saturated rings. The Morgan fingerprint density at radius 2 is 1.93 bits per heavy atom. The fraction of sp³-hybridized carbons (Fsp3) is 0.105. The molecule has 1 amide bonds. The van der Waals surface area contributed by atoms with Gasteiger partial charge in [0, 0.05) is 10.2 Å². The van der Waals surface area contributed by atoms with Crippen LogP contribution in [0.2, 0.25) is 0 Å². The molecular formula is C19H15BrN2O5. The minimum atomic E-state index is -1.11. The van der Waals surface area contributed by atoms with Gasteiger partial charge in [-0.3, -0.25) is 4.79 Å². The predicted octanol–water partition coefficient (Wildman–Crippen LogP) is 3.47. The minimum absolute atomic E-state index is 0.0980. The molecule has 0 bridgehead atoms. The zero-order valence-corrected chi connectivity index (χ0v) is 15.8. The molecule has 0 aromatic heterocycles. The number of carboxylic acids is 1. The van der Waals surface area contributed by atoms with Gasteiger partial charge in [-0.1, -0.05) is 22.0 Å². The number of nitrogens with zero attached hydrogens (tertiary/aromatic N) is 1. The maximum absolute atomic E-state index is 12.3. The van der Waals surface area contributed by atoms with Crippen molar-refractivity contribution in [1.29, 1.82) is 5.26 Å². The Labute approximate surface area is 164 Å². The first-order valence-electron chi connectivity index (χ1n) is 7.64. The second kappa shape index (κ2) is 9.40. The van der Waals surface area contributed by atoms with Crippen LogP contribution in [0, 0.1) is 11.3 Å². The van der Waals surface area contributed by atoms with Crippen LogP contribution in [-0.2, 0) is 9.59 Å². The third kappa shape index (κ3) is 5.87. The summed E-state index contributed by atoms with van der Waals surface area (Å²) in [4.78, 5) is 22.9. The summed E-state index contributed by atoms with van der Waals surface area (Å²) in [5.41, 5.74) is 0.982. The summed E-state index contributed by atoms with van der Waals surface area (Å²) in [5.74, 6) is -1.13. The number of hydrogen-bond donors (Lipinski definition) is 2. The van der Waals surface area contributed by atoms with Crippen LogP contribution in [0.3, 0.4) is 0 Å². The van der Waals surface area contributed by atoms with Crippen molar-refractivity contribution in [2.75, 3.05) is 19.0 Å². The van der Waals surface area contributed by atoms with Crippen molar-refractivity contribution >= 4 is 39.6 Å². The fourth-order valence-electron chi connectivity index (χ4n) is 2.08. The Hall–Kier alpha value is -3.31. The number of benzene rings is 2. The fourth-order valence-corrected chi connectivity index (χ4v) is 2.34. The van der Waals surface area contributed by atoms with E-state index in [4.69, 9.17) is 14.6 Å².